The topological polar surface area (TPSA) is 59.8 Å². The molecule has 27 heavy (non-hydrogen) atoms. The number of fused-ring (bicyclic) bond motifs is 1. The van der Waals surface area contributed by atoms with Gasteiger partial charge in [-0.05, 0) is 62.4 Å². The number of amides is 1. The normalized spacial score (nSPS) is 16.7. The first-order valence-corrected chi connectivity index (χ1v) is 9.63. The van der Waals surface area contributed by atoms with E-state index in [0.29, 0.717) is 23.2 Å². The number of rotatable bonds is 5. The van der Waals surface area contributed by atoms with Gasteiger partial charge in [0.05, 0.1) is 22.3 Å². The van der Waals surface area contributed by atoms with E-state index in [0.717, 1.165) is 54.6 Å². The van der Waals surface area contributed by atoms with E-state index < -0.39 is 0 Å². The average molecular weight is 364 g/mol. The largest absolute Gasteiger partial charge is 0.349 e. The summed E-state index contributed by atoms with van der Waals surface area (Å²) in [6, 6.07) is 8.43. The summed E-state index contributed by atoms with van der Waals surface area (Å²) in [5, 5.41) is 8.76. The van der Waals surface area contributed by atoms with Crippen molar-refractivity contribution in [2.45, 2.75) is 51.0 Å². The average Bonchev–Trinajstić information content (AvgIpc) is 3.60. The second-order valence-electron chi connectivity index (χ2n) is 7.51. The van der Waals surface area contributed by atoms with Gasteiger partial charge in [0.25, 0.3) is 5.91 Å². The van der Waals surface area contributed by atoms with Crippen LogP contribution in [-0.2, 0) is 6.42 Å². The highest BCUT2D eigenvalue weighted by Gasteiger charge is 2.33. The van der Waals surface area contributed by atoms with E-state index in [1.165, 1.54) is 12.1 Å². The number of hydrogen-bond donors (Lipinski definition) is 1. The Morgan fingerprint density at radius 1 is 1.22 bits per heavy atom. The molecule has 2 aromatic heterocycles. The lowest BCUT2D eigenvalue weighted by Gasteiger charge is -2.09. The van der Waals surface area contributed by atoms with Gasteiger partial charge < -0.3 is 5.32 Å². The molecule has 0 atom stereocenters. The van der Waals surface area contributed by atoms with Gasteiger partial charge in [0.1, 0.15) is 5.82 Å². The Hall–Kier alpha value is -2.76. The monoisotopic (exact) mass is 364 g/mol. The fraction of sp³-hybridized carbons (Fsp3) is 0.381. The maximum absolute atomic E-state index is 13.4. The summed E-state index contributed by atoms with van der Waals surface area (Å²) in [6.07, 6.45) is 4.98. The van der Waals surface area contributed by atoms with E-state index in [2.05, 4.69) is 5.32 Å². The number of hydrogen-bond acceptors (Lipinski definition) is 3. The van der Waals surface area contributed by atoms with E-state index in [1.807, 2.05) is 13.0 Å². The Morgan fingerprint density at radius 3 is 2.59 bits per heavy atom. The van der Waals surface area contributed by atoms with Crippen LogP contribution in [0.4, 0.5) is 4.39 Å². The summed E-state index contributed by atoms with van der Waals surface area (Å²) < 4.78 is 15.1. The molecule has 1 aromatic carbocycles. The summed E-state index contributed by atoms with van der Waals surface area (Å²) in [4.78, 5) is 17.7. The lowest BCUT2D eigenvalue weighted by molar-refractivity contribution is 0.0952. The van der Waals surface area contributed by atoms with E-state index in [1.54, 1.807) is 16.8 Å². The number of aryl methyl sites for hydroxylation is 1. The molecule has 5 rings (SSSR count). The Kier molecular flexibility index (Phi) is 3.74. The molecule has 138 valence electrons. The number of carbonyl (C=O) groups excluding carboxylic acids is 1. The van der Waals surface area contributed by atoms with Crippen LogP contribution in [0.1, 0.15) is 60.3 Å². The van der Waals surface area contributed by atoms with Crippen LogP contribution in [0, 0.1) is 5.82 Å². The molecule has 5 nitrogen and oxygen atoms in total. The van der Waals surface area contributed by atoms with E-state index in [-0.39, 0.29) is 11.7 Å². The minimum Gasteiger partial charge on any atom is -0.349 e. The van der Waals surface area contributed by atoms with Gasteiger partial charge in [-0.3, -0.25) is 4.79 Å². The molecule has 3 aromatic rings. The lowest BCUT2D eigenvalue weighted by atomic mass is 10.1. The number of benzene rings is 1. The second-order valence-corrected chi connectivity index (χ2v) is 7.51. The molecule has 2 fully saturated rings. The number of pyridine rings is 1. The van der Waals surface area contributed by atoms with Gasteiger partial charge in [0.2, 0.25) is 0 Å². The summed E-state index contributed by atoms with van der Waals surface area (Å²) >= 11 is 0. The molecule has 0 unspecified atom stereocenters. The molecular weight excluding hydrogens is 343 g/mol. The van der Waals surface area contributed by atoms with Gasteiger partial charge in [0.15, 0.2) is 5.65 Å². The molecule has 2 aliphatic rings. The van der Waals surface area contributed by atoms with Gasteiger partial charge in [-0.25, -0.2) is 14.1 Å². The molecule has 6 heteroatoms. The zero-order valence-electron chi connectivity index (χ0n) is 15.2. The minimum atomic E-state index is -0.288. The molecule has 0 aliphatic heterocycles. The fourth-order valence-electron chi connectivity index (χ4n) is 3.45. The minimum absolute atomic E-state index is 0.0415. The summed E-state index contributed by atoms with van der Waals surface area (Å²) in [6.45, 7) is 2.02. The Balaban J connectivity index is 1.74. The van der Waals surface area contributed by atoms with Crippen molar-refractivity contribution in [3.63, 3.8) is 0 Å². The van der Waals surface area contributed by atoms with Crippen LogP contribution in [0.2, 0.25) is 0 Å². The zero-order valence-corrected chi connectivity index (χ0v) is 15.2. The van der Waals surface area contributed by atoms with Crippen LogP contribution in [0.15, 0.2) is 30.3 Å². The molecule has 0 bridgehead atoms. The fourth-order valence-corrected chi connectivity index (χ4v) is 3.45. The Bertz CT molecular complexity index is 1030. The standard InChI is InChI=1S/C21H21FN4O/c1-2-14-11-17(21(27)24-15-7-8-15)18-19(12-3-4-12)25-26(20(18)23-14)16-9-5-13(22)6-10-16/h5-6,9-12,15H,2-4,7-8H2,1H3,(H,24,27). The number of carbonyl (C=O) groups is 1. The first-order chi connectivity index (χ1) is 13.1. The third kappa shape index (κ3) is 2.99. The number of nitrogens with zero attached hydrogens (tertiary/aromatic N) is 3. The Morgan fingerprint density at radius 2 is 1.96 bits per heavy atom. The van der Waals surface area contributed by atoms with Crippen LogP contribution < -0.4 is 5.32 Å². The summed E-state index contributed by atoms with van der Waals surface area (Å²) in [5.41, 5.74) is 3.89. The zero-order chi connectivity index (χ0) is 18.5. The number of aromatic nitrogens is 3. The smallest absolute Gasteiger partial charge is 0.252 e. The number of nitrogens with one attached hydrogen (secondary N) is 1. The van der Waals surface area contributed by atoms with Crippen molar-refractivity contribution in [2.75, 3.05) is 0 Å². The highest BCUT2D eigenvalue weighted by molar-refractivity contribution is 6.07. The highest BCUT2D eigenvalue weighted by Crippen LogP contribution is 2.43. The van der Waals surface area contributed by atoms with E-state index in [4.69, 9.17) is 10.1 Å². The van der Waals surface area contributed by atoms with Crippen molar-refractivity contribution < 1.29 is 9.18 Å². The lowest BCUT2D eigenvalue weighted by Crippen LogP contribution is -2.26. The molecular formula is C21H21FN4O. The molecule has 0 saturated heterocycles. The van der Waals surface area contributed by atoms with Crippen molar-refractivity contribution in [1.82, 2.24) is 20.1 Å². The van der Waals surface area contributed by atoms with Crippen molar-refractivity contribution in [1.29, 1.82) is 0 Å². The predicted octanol–water partition coefficient (Wildman–Crippen LogP) is 3.89. The summed E-state index contributed by atoms with van der Waals surface area (Å²) in [5.74, 6) is 0.0421. The van der Waals surface area contributed by atoms with Crippen LogP contribution in [-0.4, -0.2) is 26.7 Å². The Labute approximate surface area is 156 Å². The van der Waals surface area contributed by atoms with E-state index in [9.17, 15) is 9.18 Å². The molecule has 1 N–H and O–H groups in total. The third-order valence-electron chi connectivity index (χ3n) is 5.27. The highest BCUT2D eigenvalue weighted by atomic mass is 19.1. The first-order valence-electron chi connectivity index (χ1n) is 9.63. The van der Waals surface area contributed by atoms with Gasteiger partial charge in [0, 0.05) is 17.7 Å². The van der Waals surface area contributed by atoms with Crippen molar-refractivity contribution in [3.05, 3.63) is 53.1 Å². The molecule has 0 radical (unpaired) electrons. The van der Waals surface area contributed by atoms with Gasteiger partial charge in [-0.15, -0.1) is 0 Å². The molecule has 2 aliphatic carbocycles. The van der Waals surface area contributed by atoms with Gasteiger partial charge in [-0.1, -0.05) is 6.92 Å². The maximum Gasteiger partial charge on any atom is 0.252 e. The van der Waals surface area contributed by atoms with Crippen molar-refractivity contribution in [3.8, 4) is 5.69 Å². The van der Waals surface area contributed by atoms with Crippen LogP contribution in [0.5, 0.6) is 0 Å². The first kappa shape index (κ1) is 16.4. The molecule has 2 saturated carbocycles. The maximum atomic E-state index is 13.4. The summed E-state index contributed by atoms with van der Waals surface area (Å²) in [7, 11) is 0. The SMILES string of the molecule is CCc1cc(C(=O)NC2CC2)c2c(C3CC3)nn(-c3ccc(F)cc3)c2n1. The second kappa shape index (κ2) is 6.15. The molecule has 1 amide bonds. The van der Waals surface area contributed by atoms with Gasteiger partial charge >= 0.3 is 0 Å². The molecule has 0 spiro atoms. The number of halogens is 1. The van der Waals surface area contributed by atoms with Crippen LogP contribution in [0.25, 0.3) is 16.7 Å². The van der Waals surface area contributed by atoms with Crippen LogP contribution in [0.3, 0.4) is 0 Å². The van der Waals surface area contributed by atoms with Crippen molar-refractivity contribution >= 4 is 16.9 Å². The van der Waals surface area contributed by atoms with Gasteiger partial charge in [-0.2, -0.15) is 5.10 Å². The van der Waals surface area contributed by atoms with Crippen LogP contribution >= 0.6 is 0 Å². The quantitative estimate of drug-likeness (QED) is 0.747. The third-order valence-corrected chi connectivity index (χ3v) is 5.27. The van der Waals surface area contributed by atoms with E-state index >= 15 is 0 Å². The van der Waals surface area contributed by atoms with Crippen molar-refractivity contribution in [2.24, 2.45) is 0 Å². The molecule has 2 heterocycles. The predicted molar refractivity (Wildman–Crippen MR) is 101 cm³/mol.